The Morgan fingerprint density at radius 2 is 0.851 bits per heavy atom. The van der Waals surface area contributed by atoms with Crippen LogP contribution in [0.1, 0.15) is 37.5 Å². The summed E-state index contributed by atoms with van der Waals surface area (Å²) in [5.74, 6) is -7.95. The van der Waals surface area contributed by atoms with E-state index in [9.17, 15) is 39.9 Å². The smallest absolute Gasteiger partial charge is 0.328 e. The Labute approximate surface area is 276 Å². The molecule has 0 unspecified atom stereocenters. The second kappa shape index (κ2) is 23.6. The van der Waals surface area contributed by atoms with Crippen molar-refractivity contribution in [2.45, 2.75) is 20.8 Å². The van der Waals surface area contributed by atoms with Crippen LogP contribution >= 0.6 is 15.9 Å². The minimum atomic E-state index is -1.13. The van der Waals surface area contributed by atoms with Crippen LogP contribution in [0.25, 0.3) is 18.2 Å². The van der Waals surface area contributed by atoms with Gasteiger partial charge in [0.15, 0.2) is 46.5 Å². The number of hydrogen-bond donors (Lipinski definition) is 1. The number of rotatable bonds is 4. The summed E-state index contributed by atoms with van der Waals surface area (Å²) in [6.07, 6.45) is 10.8. The van der Waals surface area contributed by atoms with Gasteiger partial charge in [0.1, 0.15) is 0 Å². The number of hydrogen-bond acceptors (Lipinski definition) is 1. The summed E-state index contributed by atoms with van der Waals surface area (Å²) >= 11 is 2.99. The number of benzene rings is 4. The Bertz CT molecular complexity index is 1610. The van der Waals surface area contributed by atoms with Crippen LogP contribution in [0.5, 0.6) is 0 Å². The van der Waals surface area contributed by atoms with Gasteiger partial charge in [-0.3, -0.25) is 0 Å². The van der Waals surface area contributed by atoms with Crippen LogP contribution in [0.4, 0.5) is 35.1 Å². The lowest BCUT2D eigenvalue weighted by molar-refractivity contribution is -0.131. The maximum absolute atomic E-state index is 12.5. The molecule has 4 rings (SSSR count). The van der Waals surface area contributed by atoms with Gasteiger partial charge in [-0.2, -0.15) is 0 Å². The molecule has 0 heterocycles. The predicted octanol–water partition coefficient (Wildman–Crippen LogP) is 12.0. The molecule has 0 amide bonds. The van der Waals surface area contributed by atoms with E-state index in [1.165, 1.54) is 30.3 Å². The summed E-state index contributed by atoms with van der Waals surface area (Å²) in [6, 6.07) is 14.4. The normalized spacial score (nSPS) is 10.1. The molecule has 0 aliphatic carbocycles. The first-order chi connectivity index (χ1) is 22.2. The van der Waals surface area contributed by atoms with Crippen molar-refractivity contribution in [1.82, 2.24) is 0 Å². The summed E-state index contributed by atoms with van der Waals surface area (Å²) < 4.78 is 99.4. The fourth-order valence-electron chi connectivity index (χ4n) is 2.87. The largest absolute Gasteiger partial charge is 0.478 e. The van der Waals surface area contributed by atoms with Gasteiger partial charge in [-0.25, -0.2) is 39.9 Å². The van der Waals surface area contributed by atoms with E-state index >= 15 is 0 Å². The number of carboxylic acids is 1. The van der Waals surface area contributed by atoms with Crippen LogP contribution in [0.15, 0.2) is 108 Å². The van der Waals surface area contributed by atoms with E-state index in [0.29, 0.717) is 21.2 Å². The van der Waals surface area contributed by atoms with Crippen molar-refractivity contribution < 1.29 is 45.0 Å². The highest BCUT2D eigenvalue weighted by Gasteiger charge is 2.01. The summed E-state index contributed by atoms with van der Waals surface area (Å²) in [6.45, 7) is 8.89. The minimum Gasteiger partial charge on any atom is -0.478 e. The number of allylic oxidation sites excluding steroid dienone is 3. The Morgan fingerprint density at radius 3 is 1.11 bits per heavy atom. The Morgan fingerprint density at radius 1 is 0.553 bits per heavy atom. The first-order valence-electron chi connectivity index (χ1n) is 13.4. The van der Waals surface area contributed by atoms with Gasteiger partial charge in [0.25, 0.3) is 0 Å². The molecule has 0 saturated carbocycles. The van der Waals surface area contributed by atoms with Crippen molar-refractivity contribution in [3.63, 3.8) is 0 Å². The van der Waals surface area contributed by atoms with Crippen molar-refractivity contribution >= 4 is 40.1 Å². The molecule has 0 atom stereocenters. The van der Waals surface area contributed by atoms with Crippen LogP contribution in [0.3, 0.4) is 0 Å². The SMILES string of the molecule is C=CC.CC=Cc1ccc(F)c(F)c1.CC=Cc1ccc(F)c(F)c1.Fc1ccc(Br)cc1F.O=C(O)C=Cc1ccc(F)c(F)c1. The first-order valence-corrected chi connectivity index (χ1v) is 14.2. The minimum absolute atomic E-state index is 0.307. The van der Waals surface area contributed by atoms with Gasteiger partial charge >= 0.3 is 5.97 Å². The lowest BCUT2D eigenvalue weighted by Gasteiger charge is -1.94. The second-order valence-corrected chi connectivity index (χ2v) is 9.57. The third-order valence-corrected chi connectivity index (χ3v) is 5.34. The van der Waals surface area contributed by atoms with Crippen LogP contribution in [-0.2, 0) is 4.79 Å². The topological polar surface area (TPSA) is 37.3 Å². The zero-order chi connectivity index (χ0) is 35.9. The van der Waals surface area contributed by atoms with Crippen LogP contribution in [-0.4, -0.2) is 11.1 Å². The van der Waals surface area contributed by atoms with Gasteiger partial charge in [-0.15, -0.1) is 6.58 Å². The van der Waals surface area contributed by atoms with E-state index in [1.54, 1.807) is 30.4 Å². The highest BCUT2D eigenvalue weighted by atomic mass is 79.9. The molecule has 0 bridgehead atoms. The number of aliphatic carboxylic acids is 1. The molecule has 47 heavy (non-hydrogen) atoms. The van der Waals surface area contributed by atoms with Crippen LogP contribution in [0, 0.1) is 46.5 Å². The van der Waals surface area contributed by atoms with Gasteiger partial charge in [0, 0.05) is 10.5 Å². The molecule has 2 nitrogen and oxygen atoms in total. The standard InChI is InChI=1S/C9H6F2O2.2C9H8F2.C6H3BrF2.C3H6/c10-7-3-1-6(5-8(7)11)2-4-9(12)13;2*1-2-3-7-4-5-8(10)9(11)6-7;7-4-1-2-5(8)6(9)3-4;1-3-2/h1-5H,(H,12,13);2*2-6H,1H3;1-3H;3H,1H2,2H3. The molecular weight excluding hydrogens is 696 g/mol. The van der Waals surface area contributed by atoms with Crippen LogP contribution in [0.2, 0.25) is 0 Å². The molecule has 4 aromatic rings. The molecule has 0 spiro atoms. The van der Waals surface area contributed by atoms with Crippen LogP contribution < -0.4 is 0 Å². The van der Waals surface area contributed by atoms with E-state index in [0.717, 1.165) is 54.6 Å². The average Bonchev–Trinajstić information content (AvgIpc) is 3.01. The van der Waals surface area contributed by atoms with Crippen molar-refractivity contribution in [2.24, 2.45) is 0 Å². The van der Waals surface area contributed by atoms with Gasteiger partial charge in [-0.1, -0.05) is 64.5 Å². The maximum Gasteiger partial charge on any atom is 0.328 e. The fraction of sp³-hybridized carbons (Fsp3) is 0.0833. The summed E-state index contributed by atoms with van der Waals surface area (Å²) in [5, 5.41) is 8.24. The second-order valence-electron chi connectivity index (χ2n) is 8.66. The molecule has 11 heteroatoms. The van der Waals surface area contributed by atoms with E-state index in [1.807, 2.05) is 20.8 Å². The predicted molar refractivity (Wildman–Crippen MR) is 175 cm³/mol. The average molecular weight is 728 g/mol. The number of carbonyl (C=O) groups is 1. The molecule has 0 aromatic heterocycles. The fourth-order valence-corrected chi connectivity index (χ4v) is 3.20. The van der Waals surface area contributed by atoms with Gasteiger partial charge in [0.05, 0.1) is 0 Å². The lowest BCUT2D eigenvalue weighted by atomic mass is 10.2. The van der Waals surface area contributed by atoms with Crippen molar-refractivity contribution in [2.75, 3.05) is 0 Å². The van der Waals surface area contributed by atoms with Gasteiger partial charge in [0.2, 0.25) is 0 Å². The highest BCUT2D eigenvalue weighted by Crippen LogP contribution is 2.14. The molecule has 0 fully saturated rings. The summed E-state index contributed by atoms with van der Waals surface area (Å²) in [4.78, 5) is 10.1. The molecular formula is C36H31BrF8O2. The van der Waals surface area contributed by atoms with E-state index in [4.69, 9.17) is 5.11 Å². The number of carboxylic acid groups (broad SMARTS) is 1. The third-order valence-electron chi connectivity index (χ3n) is 4.85. The van der Waals surface area contributed by atoms with Crippen molar-refractivity contribution in [3.8, 4) is 0 Å². The Hall–Kier alpha value is -4.77. The highest BCUT2D eigenvalue weighted by molar-refractivity contribution is 9.10. The third kappa shape index (κ3) is 18.7. The van der Waals surface area contributed by atoms with Gasteiger partial charge in [-0.05, 0) is 98.1 Å². The Balaban J connectivity index is 0.000000587. The van der Waals surface area contributed by atoms with E-state index in [2.05, 4.69) is 22.5 Å². The zero-order valence-electron chi connectivity index (χ0n) is 25.4. The van der Waals surface area contributed by atoms with E-state index in [-0.39, 0.29) is 0 Å². The zero-order valence-corrected chi connectivity index (χ0v) is 27.0. The van der Waals surface area contributed by atoms with Crippen molar-refractivity contribution in [3.05, 3.63) is 171 Å². The summed E-state index contributed by atoms with van der Waals surface area (Å²) in [5.41, 5.74) is 1.65. The van der Waals surface area contributed by atoms with E-state index < -0.39 is 52.5 Å². The molecule has 0 aliphatic rings. The monoisotopic (exact) mass is 726 g/mol. The van der Waals surface area contributed by atoms with Crippen molar-refractivity contribution in [1.29, 1.82) is 0 Å². The molecule has 1 N–H and O–H groups in total. The lowest BCUT2D eigenvalue weighted by Crippen LogP contribution is -1.87. The molecule has 0 aliphatic heterocycles. The Kier molecular flexibility index (Phi) is 21.2. The quantitative estimate of drug-likeness (QED) is 0.0984. The molecule has 4 aromatic carbocycles. The maximum atomic E-state index is 12.5. The molecule has 250 valence electrons. The summed E-state index contributed by atoms with van der Waals surface area (Å²) in [7, 11) is 0. The molecule has 0 radical (unpaired) electrons. The molecule has 0 saturated heterocycles. The van der Waals surface area contributed by atoms with Gasteiger partial charge < -0.3 is 5.11 Å². The first kappa shape index (κ1) is 42.2. The number of halogens is 9.